The van der Waals surface area contributed by atoms with Crippen molar-refractivity contribution in [1.82, 2.24) is 0 Å². The summed E-state index contributed by atoms with van der Waals surface area (Å²) in [5.41, 5.74) is 1.17. The molecule has 0 spiro atoms. The van der Waals surface area contributed by atoms with E-state index in [1.54, 1.807) is 11.3 Å². The third-order valence-corrected chi connectivity index (χ3v) is 3.62. The number of carbonyl (C=O) groups excluding carboxylic acids is 1. The number of amides is 1. The molecule has 14 heavy (non-hydrogen) atoms. The van der Waals surface area contributed by atoms with Crippen molar-refractivity contribution in [3.05, 3.63) is 16.3 Å². The number of nitrogens with zero attached hydrogens (tertiary/aromatic N) is 1. The number of thiophene rings is 1. The van der Waals surface area contributed by atoms with Gasteiger partial charge in [0.1, 0.15) is 0 Å². The van der Waals surface area contributed by atoms with Gasteiger partial charge in [-0.1, -0.05) is 6.92 Å². The molecule has 1 aromatic rings. The first-order valence-electron chi connectivity index (χ1n) is 5.19. The maximum absolute atomic E-state index is 11.7. The number of hydrogen-bond donors (Lipinski definition) is 0. The molecule has 0 radical (unpaired) electrons. The Bertz CT molecular complexity index is 332. The molecule has 0 N–H and O–H groups in total. The van der Waals surface area contributed by atoms with Crippen LogP contribution in [0.3, 0.4) is 0 Å². The summed E-state index contributed by atoms with van der Waals surface area (Å²) in [6.07, 6.45) is 4.09. The van der Waals surface area contributed by atoms with Crippen LogP contribution in [0.2, 0.25) is 0 Å². The average molecular weight is 209 g/mol. The van der Waals surface area contributed by atoms with Gasteiger partial charge in [0.15, 0.2) is 0 Å². The van der Waals surface area contributed by atoms with Gasteiger partial charge in [-0.05, 0) is 30.7 Å². The molecule has 0 saturated heterocycles. The van der Waals surface area contributed by atoms with Gasteiger partial charge in [-0.15, -0.1) is 11.3 Å². The maximum atomic E-state index is 11.7. The molecule has 1 amide bonds. The van der Waals surface area contributed by atoms with Crippen LogP contribution in [0.25, 0.3) is 0 Å². The fourth-order valence-electron chi connectivity index (χ4n) is 1.89. The second-order valence-corrected chi connectivity index (χ2v) is 4.59. The molecule has 1 aromatic heterocycles. The molecule has 0 saturated carbocycles. The molecule has 0 aromatic carbocycles. The third kappa shape index (κ3) is 1.69. The fraction of sp³-hybridized carbons (Fsp3) is 0.545. The van der Waals surface area contributed by atoms with E-state index in [1.165, 1.54) is 17.0 Å². The van der Waals surface area contributed by atoms with E-state index in [0.717, 1.165) is 19.4 Å². The summed E-state index contributed by atoms with van der Waals surface area (Å²) in [7, 11) is 0. The first-order valence-corrected chi connectivity index (χ1v) is 6.07. The lowest BCUT2D eigenvalue weighted by atomic mass is 10.2. The van der Waals surface area contributed by atoms with Crippen LogP contribution < -0.4 is 4.90 Å². The number of aryl methyl sites for hydroxylation is 1. The smallest absolute Gasteiger partial charge is 0.226 e. The molecule has 76 valence electrons. The van der Waals surface area contributed by atoms with Crippen LogP contribution in [0.15, 0.2) is 11.4 Å². The number of anilines is 1. The van der Waals surface area contributed by atoms with Crippen molar-refractivity contribution < 1.29 is 4.79 Å². The van der Waals surface area contributed by atoms with Crippen molar-refractivity contribution in [2.24, 2.45) is 0 Å². The van der Waals surface area contributed by atoms with Gasteiger partial charge in [-0.3, -0.25) is 4.79 Å². The normalized spacial score (nSPS) is 16.2. The Morgan fingerprint density at radius 1 is 1.57 bits per heavy atom. The minimum absolute atomic E-state index is 0.256. The van der Waals surface area contributed by atoms with E-state index in [0.29, 0.717) is 6.42 Å². The maximum Gasteiger partial charge on any atom is 0.226 e. The molecular weight excluding hydrogens is 194 g/mol. The highest BCUT2D eigenvalue weighted by molar-refractivity contribution is 7.10. The summed E-state index contributed by atoms with van der Waals surface area (Å²) in [5, 5.41) is 2.09. The van der Waals surface area contributed by atoms with Gasteiger partial charge in [-0.2, -0.15) is 0 Å². The molecule has 0 aliphatic carbocycles. The van der Waals surface area contributed by atoms with E-state index in [4.69, 9.17) is 0 Å². The summed E-state index contributed by atoms with van der Waals surface area (Å²) in [6.45, 7) is 2.83. The van der Waals surface area contributed by atoms with Crippen molar-refractivity contribution in [3.63, 3.8) is 0 Å². The Morgan fingerprint density at radius 2 is 2.43 bits per heavy atom. The summed E-state index contributed by atoms with van der Waals surface area (Å²) in [5.74, 6) is 0.256. The second kappa shape index (κ2) is 4.13. The summed E-state index contributed by atoms with van der Waals surface area (Å²) >= 11 is 1.78. The van der Waals surface area contributed by atoms with Gasteiger partial charge in [0.2, 0.25) is 5.91 Å². The van der Waals surface area contributed by atoms with E-state index in [-0.39, 0.29) is 5.91 Å². The molecule has 0 unspecified atom stereocenters. The molecule has 0 atom stereocenters. The summed E-state index contributed by atoms with van der Waals surface area (Å²) in [4.78, 5) is 15.0. The summed E-state index contributed by atoms with van der Waals surface area (Å²) < 4.78 is 0. The van der Waals surface area contributed by atoms with Gasteiger partial charge >= 0.3 is 0 Å². The molecule has 1 aliphatic rings. The Balaban J connectivity index is 2.30. The first kappa shape index (κ1) is 9.71. The molecule has 2 heterocycles. The van der Waals surface area contributed by atoms with E-state index in [9.17, 15) is 4.79 Å². The molecule has 0 bridgehead atoms. The minimum Gasteiger partial charge on any atom is -0.311 e. The van der Waals surface area contributed by atoms with Gasteiger partial charge in [0, 0.05) is 17.8 Å². The van der Waals surface area contributed by atoms with Gasteiger partial charge in [0.25, 0.3) is 0 Å². The second-order valence-electron chi connectivity index (χ2n) is 3.59. The zero-order valence-electron chi connectivity index (χ0n) is 8.45. The molecule has 1 aliphatic heterocycles. The van der Waals surface area contributed by atoms with Crippen molar-refractivity contribution in [2.75, 3.05) is 11.4 Å². The molecule has 0 fully saturated rings. The molecule has 2 rings (SSSR count). The first-order chi connectivity index (χ1) is 6.83. The van der Waals surface area contributed by atoms with Crippen molar-refractivity contribution in [1.29, 1.82) is 0 Å². The Hall–Kier alpha value is -0.830. The van der Waals surface area contributed by atoms with Crippen LogP contribution in [0, 0.1) is 0 Å². The largest absolute Gasteiger partial charge is 0.311 e. The Labute approximate surface area is 88.5 Å². The lowest BCUT2D eigenvalue weighted by molar-refractivity contribution is -0.118. The predicted octanol–water partition coefficient (Wildman–Crippen LogP) is 2.83. The number of carbonyl (C=O) groups is 1. The molecular formula is C11H15NOS. The Morgan fingerprint density at radius 3 is 3.21 bits per heavy atom. The third-order valence-electron chi connectivity index (χ3n) is 2.65. The van der Waals surface area contributed by atoms with Crippen LogP contribution in [-0.2, 0) is 11.2 Å². The van der Waals surface area contributed by atoms with Crippen LogP contribution >= 0.6 is 11.3 Å². The lowest BCUT2D eigenvalue weighted by Gasteiger charge is -2.19. The lowest BCUT2D eigenvalue weighted by Crippen LogP contribution is -2.30. The zero-order chi connectivity index (χ0) is 9.97. The van der Waals surface area contributed by atoms with Crippen molar-refractivity contribution >= 4 is 22.9 Å². The van der Waals surface area contributed by atoms with Crippen LogP contribution in [0.5, 0.6) is 0 Å². The highest BCUT2D eigenvalue weighted by Gasteiger charge is 2.20. The summed E-state index contributed by atoms with van der Waals surface area (Å²) in [6, 6.07) is 2.08. The number of fused-ring (bicyclic) bond motifs is 1. The highest BCUT2D eigenvalue weighted by Crippen LogP contribution is 2.31. The van der Waals surface area contributed by atoms with E-state index >= 15 is 0 Å². The monoisotopic (exact) mass is 209 g/mol. The van der Waals surface area contributed by atoms with E-state index < -0.39 is 0 Å². The molecule has 2 nitrogen and oxygen atoms in total. The van der Waals surface area contributed by atoms with E-state index in [1.807, 2.05) is 11.8 Å². The zero-order valence-corrected chi connectivity index (χ0v) is 9.27. The number of rotatable bonds is 1. The predicted molar refractivity (Wildman–Crippen MR) is 59.9 cm³/mol. The van der Waals surface area contributed by atoms with Crippen LogP contribution in [0.4, 0.5) is 5.69 Å². The van der Waals surface area contributed by atoms with Gasteiger partial charge in [-0.25, -0.2) is 0 Å². The van der Waals surface area contributed by atoms with Gasteiger partial charge < -0.3 is 4.90 Å². The van der Waals surface area contributed by atoms with E-state index in [2.05, 4.69) is 11.4 Å². The highest BCUT2D eigenvalue weighted by atomic mass is 32.1. The van der Waals surface area contributed by atoms with Gasteiger partial charge in [0.05, 0.1) is 5.69 Å². The van der Waals surface area contributed by atoms with Crippen molar-refractivity contribution in [2.45, 2.75) is 32.6 Å². The van der Waals surface area contributed by atoms with Crippen molar-refractivity contribution in [3.8, 4) is 0 Å². The van der Waals surface area contributed by atoms with Crippen LogP contribution in [-0.4, -0.2) is 12.5 Å². The average Bonchev–Trinajstić information content (AvgIpc) is 2.57. The SMILES string of the molecule is CCC(=O)N1CCCCc2sccc21. The Kier molecular flexibility index (Phi) is 2.87. The number of hydrogen-bond acceptors (Lipinski definition) is 2. The fourth-order valence-corrected chi connectivity index (χ4v) is 2.81. The topological polar surface area (TPSA) is 20.3 Å². The quantitative estimate of drug-likeness (QED) is 0.696. The minimum atomic E-state index is 0.256. The standard InChI is InChI=1S/C11H15NOS/c1-2-11(13)12-7-4-3-5-10-9(12)6-8-14-10/h6,8H,2-5,7H2,1H3. The molecule has 3 heteroatoms. The van der Waals surface area contributed by atoms with Crippen LogP contribution in [0.1, 0.15) is 31.1 Å².